The monoisotopic (exact) mass is 553 g/mol. The van der Waals surface area contributed by atoms with Gasteiger partial charge in [0.25, 0.3) is 0 Å². The van der Waals surface area contributed by atoms with Gasteiger partial charge in [-0.05, 0) is 34.4 Å². The van der Waals surface area contributed by atoms with Crippen LogP contribution in [0.4, 0.5) is 11.4 Å². The summed E-state index contributed by atoms with van der Waals surface area (Å²) in [7, 11) is 0. The number of nitrogens with zero attached hydrogens (tertiary/aromatic N) is 2. The average molecular weight is 555 g/mol. The van der Waals surface area contributed by atoms with Gasteiger partial charge in [-0.25, -0.2) is 4.90 Å². The van der Waals surface area contributed by atoms with Crippen molar-refractivity contribution in [3.05, 3.63) is 100 Å². The van der Waals surface area contributed by atoms with Crippen molar-refractivity contribution in [2.45, 2.75) is 8.65 Å². The molecule has 0 spiro atoms. The van der Waals surface area contributed by atoms with E-state index in [1.54, 1.807) is 12.1 Å². The van der Waals surface area contributed by atoms with Crippen LogP contribution in [0, 0.1) is 17.0 Å². The number of benzene rings is 3. The van der Waals surface area contributed by atoms with Crippen LogP contribution < -0.4 is 10.1 Å². The fourth-order valence-corrected chi connectivity index (χ4v) is 8.02. The first kappa shape index (κ1) is 20.1. The van der Waals surface area contributed by atoms with Crippen molar-refractivity contribution >= 4 is 55.0 Å². The summed E-state index contributed by atoms with van der Waals surface area (Å²) in [4.78, 5) is 28.9. The molecule has 1 N–H and O–H groups in total. The third-order valence-corrected chi connectivity index (χ3v) is 9.61. The second-order valence-corrected chi connectivity index (χ2v) is 10.7. The number of anilines is 2. The highest BCUT2D eigenvalue weighted by Gasteiger charge is 2.72. The van der Waals surface area contributed by atoms with Crippen molar-refractivity contribution < 1.29 is 14.8 Å². The van der Waals surface area contributed by atoms with E-state index in [9.17, 15) is 20.0 Å². The van der Waals surface area contributed by atoms with Gasteiger partial charge in [0.05, 0.1) is 31.9 Å². The molecule has 4 aliphatic rings. The quantitative estimate of drug-likeness (QED) is 0.280. The summed E-state index contributed by atoms with van der Waals surface area (Å²) in [5.74, 6) is -2.32. The molecule has 3 aliphatic carbocycles. The van der Waals surface area contributed by atoms with Crippen LogP contribution in [-0.4, -0.2) is 17.0 Å². The minimum absolute atomic E-state index is 0.0640. The molecular formula is C24H15Br2N2O4-. The number of alkyl halides is 2. The number of imide groups is 1. The van der Waals surface area contributed by atoms with Crippen LogP contribution in [0.1, 0.15) is 22.3 Å². The van der Waals surface area contributed by atoms with E-state index < -0.39 is 32.3 Å². The Morgan fingerprint density at radius 3 is 1.53 bits per heavy atom. The van der Waals surface area contributed by atoms with Crippen molar-refractivity contribution in [3.63, 3.8) is 0 Å². The maximum atomic E-state index is 13.9. The maximum absolute atomic E-state index is 13.9. The Morgan fingerprint density at radius 1 is 0.750 bits per heavy atom. The number of hydrogen-bond acceptors (Lipinski definition) is 5. The molecule has 3 aromatic rings. The van der Waals surface area contributed by atoms with Crippen molar-refractivity contribution in [2.75, 3.05) is 10.1 Å². The largest absolute Gasteiger partial charge is 0.733 e. The van der Waals surface area contributed by atoms with Crippen molar-refractivity contribution in [1.82, 2.24) is 0 Å². The molecule has 8 heteroatoms. The van der Waals surface area contributed by atoms with Crippen molar-refractivity contribution in [1.29, 1.82) is 0 Å². The first-order chi connectivity index (χ1) is 15.3. The molecule has 7 rings (SSSR count). The molecule has 32 heavy (non-hydrogen) atoms. The SMILES string of the molecule is O=C1C2C(C(=O)N1c1ccccc1N([O-])O)C1(Br)c3ccccc3C2(Br)c2ccccc21. The van der Waals surface area contributed by atoms with Crippen LogP contribution in [0.2, 0.25) is 0 Å². The molecule has 0 radical (unpaired) electrons. The zero-order valence-electron chi connectivity index (χ0n) is 16.4. The molecule has 2 amide bonds. The molecule has 6 nitrogen and oxygen atoms in total. The summed E-state index contributed by atoms with van der Waals surface area (Å²) in [6, 6.07) is 21.7. The molecular weight excluding hydrogens is 540 g/mol. The molecule has 160 valence electrons. The Bertz CT molecular complexity index is 1200. The lowest BCUT2D eigenvalue weighted by Gasteiger charge is -2.55. The summed E-state index contributed by atoms with van der Waals surface area (Å²) in [6.45, 7) is 0. The minimum Gasteiger partial charge on any atom is -0.733 e. The van der Waals surface area contributed by atoms with Gasteiger partial charge < -0.3 is 10.4 Å². The number of amides is 2. The highest BCUT2D eigenvalue weighted by molar-refractivity contribution is 9.10. The lowest BCUT2D eigenvalue weighted by atomic mass is 9.54. The highest BCUT2D eigenvalue weighted by atomic mass is 79.9. The molecule has 0 aromatic heterocycles. The first-order valence-electron chi connectivity index (χ1n) is 10.0. The molecule has 1 fully saturated rings. The highest BCUT2D eigenvalue weighted by Crippen LogP contribution is 2.71. The van der Waals surface area contributed by atoms with Gasteiger partial charge in [-0.3, -0.25) is 14.8 Å². The van der Waals surface area contributed by atoms with Crippen LogP contribution >= 0.6 is 31.9 Å². The van der Waals surface area contributed by atoms with Gasteiger partial charge in [-0.2, -0.15) is 0 Å². The number of rotatable bonds is 2. The Morgan fingerprint density at radius 2 is 1.12 bits per heavy atom. The lowest BCUT2D eigenvalue weighted by molar-refractivity contribution is -0.122. The summed E-state index contributed by atoms with van der Waals surface area (Å²) in [5, 5.41) is 21.1. The Kier molecular flexibility index (Phi) is 4.09. The van der Waals surface area contributed by atoms with Gasteiger partial charge in [-0.1, -0.05) is 92.5 Å². The minimum atomic E-state index is -0.910. The molecule has 2 atom stereocenters. The normalized spacial score (nSPS) is 29.6. The molecule has 0 saturated carbocycles. The molecule has 1 heterocycles. The maximum Gasteiger partial charge on any atom is 0.239 e. The number of para-hydroxylation sites is 2. The third kappa shape index (κ3) is 2.16. The molecule has 3 aromatic carbocycles. The van der Waals surface area contributed by atoms with Crippen molar-refractivity contribution in [2.24, 2.45) is 11.8 Å². The standard InChI is InChI=1S/C24H15Br2N2O4/c25-23-13-7-1-2-8-14(13)24(26,16-10-4-3-9-15(16)23)20-19(23)21(29)27(22(20)30)17-11-5-6-12-18(17)28(31)32/h1-12,19-20,31H/q-1. The molecule has 2 unspecified atom stereocenters. The predicted molar refractivity (Wildman–Crippen MR) is 126 cm³/mol. The number of hydrogen-bond donors (Lipinski definition) is 1. The van der Waals surface area contributed by atoms with Crippen LogP contribution in [0.5, 0.6) is 0 Å². The Hall–Kier alpha value is -2.52. The van der Waals surface area contributed by atoms with E-state index in [0.29, 0.717) is 0 Å². The van der Waals surface area contributed by atoms with Gasteiger partial charge >= 0.3 is 0 Å². The van der Waals surface area contributed by atoms with E-state index >= 15 is 0 Å². The summed E-state index contributed by atoms with van der Waals surface area (Å²) in [5.41, 5.74) is 3.62. The lowest BCUT2D eigenvalue weighted by Crippen LogP contribution is -2.56. The van der Waals surface area contributed by atoms with Crippen LogP contribution in [0.3, 0.4) is 0 Å². The average Bonchev–Trinajstić information content (AvgIpc) is 3.08. The second-order valence-electron chi connectivity index (χ2n) is 8.24. The van der Waals surface area contributed by atoms with E-state index in [1.807, 2.05) is 48.5 Å². The zero-order chi connectivity index (χ0) is 22.4. The fourth-order valence-electron chi connectivity index (χ4n) is 5.72. The van der Waals surface area contributed by atoms with Gasteiger partial charge in [0.1, 0.15) is 0 Å². The van der Waals surface area contributed by atoms with E-state index in [2.05, 4.69) is 31.9 Å². The van der Waals surface area contributed by atoms with Crippen LogP contribution in [-0.2, 0) is 18.2 Å². The Labute approximate surface area is 200 Å². The van der Waals surface area contributed by atoms with Gasteiger partial charge in [-0.15, -0.1) is 0 Å². The zero-order valence-corrected chi connectivity index (χ0v) is 19.6. The molecule has 2 bridgehead atoms. The summed E-state index contributed by atoms with van der Waals surface area (Å²) < 4.78 is -1.82. The van der Waals surface area contributed by atoms with Gasteiger partial charge in [0, 0.05) is 0 Å². The smallest absolute Gasteiger partial charge is 0.239 e. The molecule has 1 aliphatic heterocycles. The number of carbonyl (C=O) groups is 2. The Balaban J connectivity index is 1.65. The fraction of sp³-hybridized carbons (Fsp3) is 0.167. The second kappa shape index (κ2) is 6.51. The first-order valence-corrected chi connectivity index (χ1v) is 11.6. The predicted octanol–water partition coefficient (Wildman–Crippen LogP) is 4.79. The van der Waals surface area contributed by atoms with Crippen LogP contribution in [0.15, 0.2) is 72.8 Å². The van der Waals surface area contributed by atoms with Gasteiger partial charge in [0.2, 0.25) is 11.8 Å². The van der Waals surface area contributed by atoms with E-state index in [0.717, 1.165) is 27.2 Å². The van der Waals surface area contributed by atoms with Crippen molar-refractivity contribution in [3.8, 4) is 0 Å². The number of halogens is 2. The molecule has 1 saturated heterocycles. The third-order valence-electron chi connectivity index (χ3n) is 6.91. The summed E-state index contributed by atoms with van der Waals surface area (Å²) in [6.07, 6.45) is 0. The van der Waals surface area contributed by atoms with E-state index in [1.165, 1.54) is 12.1 Å². The summed E-state index contributed by atoms with van der Waals surface area (Å²) >= 11 is 7.87. The number of carbonyl (C=O) groups excluding carboxylic acids is 2. The van der Waals surface area contributed by atoms with Crippen LogP contribution in [0.25, 0.3) is 0 Å². The van der Waals surface area contributed by atoms with Gasteiger partial charge in [0.15, 0.2) is 0 Å². The van der Waals surface area contributed by atoms with E-state index in [4.69, 9.17) is 0 Å². The van der Waals surface area contributed by atoms with E-state index in [-0.39, 0.29) is 16.6 Å². The topological polar surface area (TPSA) is 83.9 Å².